The lowest BCUT2D eigenvalue weighted by molar-refractivity contribution is 0.0697. The van der Waals surface area contributed by atoms with Gasteiger partial charge < -0.3 is 5.11 Å². The third kappa shape index (κ3) is 3.37. The molecule has 0 fully saturated rings. The molecule has 0 saturated carbocycles. The minimum Gasteiger partial charge on any atom is -0.478 e. The van der Waals surface area contributed by atoms with Crippen molar-refractivity contribution in [3.05, 3.63) is 64.5 Å². The van der Waals surface area contributed by atoms with Crippen molar-refractivity contribution in [1.82, 2.24) is 0 Å². The van der Waals surface area contributed by atoms with Crippen LogP contribution in [0.2, 0.25) is 0 Å². The molecule has 1 aliphatic carbocycles. The number of hydrogen-bond acceptors (Lipinski definition) is 1. The molecule has 130 valence electrons. The van der Waals surface area contributed by atoms with Gasteiger partial charge in [0.25, 0.3) is 0 Å². The van der Waals surface area contributed by atoms with E-state index in [9.17, 15) is 9.18 Å². The maximum atomic E-state index is 14.8. The average Bonchev–Trinajstić information content (AvgIpc) is 2.55. The molecule has 0 amide bonds. The van der Waals surface area contributed by atoms with Crippen LogP contribution in [0.25, 0.3) is 16.8 Å². The lowest BCUT2D eigenvalue weighted by atomic mass is 9.72. The third-order valence-electron chi connectivity index (χ3n) is 5.20. The minimum absolute atomic E-state index is 0.114. The van der Waals surface area contributed by atoms with Crippen LogP contribution in [-0.2, 0) is 0 Å². The third-order valence-corrected chi connectivity index (χ3v) is 5.20. The molecule has 0 spiro atoms. The summed E-state index contributed by atoms with van der Waals surface area (Å²) in [7, 11) is 0. The van der Waals surface area contributed by atoms with E-state index in [0.29, 0.717) is 16.3 Å². The molecule has 25 heavy (non-hydrogen) atoms. The van der Waals surface area contributed by atoms with Crippen LogP contribution in [0.1, 0.15) is 56.0 Å². The smallest absolute Gasteiger partial charge is 0.335 e. The molecule has 1 N–H and O–H groups in total. The Balaban J connectivity index is 2.01. The van der Waals surface area contributed by atoms with Gasteiger partial charge in [0.2, 0.25) is 0 Å². The number of carbonyl (C=O) groups is 1. The van der Waals surface area contributed by atoms with E-state index in [-0.39, 0.29) is 16.8 Å². The first-order valence-electron chi connectivity index (χ1n) is 8.63. The Labute approximate surface area is 147 Å². The summed E-state index contributed by atoms with van der Waals surface area (Å²) >= 11 is 0. The summed E-state index contributed by atoms with van der Waals surface area (Å²) in [6, 6.07) is 7.98. The maximum Gasteiger partial charge on any atom is 0.335 e. The van der Waals surface area contributed by atoms with E-state index < -0.39 is 5.97 Å². The quantitative estimate of drug-likeness (QED) is 0.721. The zero-order chi connectivity index (χ0) is 18.2. The lowest BCUT2D eigenvalue weighted by Gasteiger charge is -2.32. The number of halogens is 1. The van der Waals surface area contributed by atoms with Gasteiger partial charge >= 0.3 is 5.97 Å². The fourth-order valence-corrected chi connectivity index (χ4v) is 3.75. The summed E-state index contributed by atoms with van der Waals surface area (Å²) < 4.78 is 14.8. The van der Waals surface area contributed by atoms with Crippen LogP contribution >= 0.6 is 0 Å². The van der Waals surface area contributed by atoms with Crippen LogP contribution in [0.15, 0.2) is 47.6 Å². The number of allylic oxidation sites excluding steroid dienone is 3. The molecule has 0 heterocycles. The van der Waals surface area contributed by atoms with Gasteiger partial charge in [-0.2, -0.15) is 0 Å². The summed E-state index contributed by atoms with van der Waals surface area (Å²) in [6.07, 6.45) is 7.33. The SMILES string of the molecule is CC1=C(/C=C/c2ccc3cc(C(=O)O)ccc3c2F)C(C)(C)CCC1. The normalized spacial score (nSPS) is 17.4. The van der Waals surface area contributed by atoms with Crippen LogP contribution in [0.3, 0.4) is 0 Å². The second-order valence-corrected chi connectivity index (χ2v) is 7.47. The number of hydrogen-bond donors (Lipinski definition) is 1. The Bertz CT molecular complexity index is 904. The Morgan fingerprint density at radius 1 is 1.20 bits per heavy atom. The number of carboxylic acids is 1. The molecule has 2 aromatic carbocycles. The first-order chi connectivity index (χ1) is 11.8. The Morgan fingerprint density at radius 3 is 2.64 bits per heavy atom. The van der Waals surface area contributed by atoms with E-state index in [2.05, 4.69) is 20.8 Å². The molecular formula is C22H23FO2. The van der Waals surface area contributed by atoms with E-state index >= 15 is 0 Å². The molecule has 2 aromatic rings. The molecule has 0 aromatic heterocycles. The van der Waals surface area contributed by atoms with Crippen LogP contribution in [0, 0.1) is 11.2 Å². The van der Waals surface area contributed by atoms with Crippen LogP contribution < -0.4 is 0 Å². The highest BCUT2D eigenvalue weighted by atomic mass is 19.1. The van der Waals surface area contributed by atoms with E-state index in [4.69, 9.17) is 5.11 Å². The van der Waals surface area contributed by atoms with Gasteiger partial charge in [-0.25, -0.2) is 9.18 Å². The van der Waals surface area contributed by atoms with Crippen molar-refractivity contribution in [3.63, 3.8) is 0 Å². The summed E-state index contributed by atoms with van der Waals surface area (Å²) in [5, 5.41) is 10.1. The maximum absolute atomic E-state index is 14.8. The molecule has 0 bridgehead atoms. The molecule has 1 aliphatic rings. The standard InChI is InChI=1S/C22H23FO2/c1-14-5-4-12-22(2,3)19(14)11-9-15-6-7-16-13-17(21(24)25)8-10-18(16)20(15)23/h6-11,13H,4-5,12H2,1-3H3,(H,24,25)/b11-9+. The summed E-state index contributed by atoms with van der Waals surface area (Å²) in [5.74, 6) is -1.31. The second-order valence-electron chi connectivity index (χ2n) is 7.47. The van der Waals surface area contributed by atoms with E-state index in [1.807, 2.05) is 12.2 Å². The van der Waals surface area contributed by atoms with Gasteiger partial charge in [-0.05, 0) is 54.7 Å². The highest BCUT2D eigenvalue weighted by Crippen LogP contribution is 2.41. The topological polar surface area (TPSA) is 37.3 Å². The molecule has 0 aliphatic heterocycles. The highest BCUT2D eigenvalue weighted by molar-refractivity contribution is 5.95. The molecular weight excluding hydrogens is 315 g/mol. The second kappa shape index (κ2) is 6.47. The first-order valence-corrected chi connectivity index (χ1v) is 8.63. The number of rotatable bonds is 3. The van der Waals surface area contributed by atoms with Gasteiger partial charge in [0.1, 0.15) is 5.82 Å². The van der Waals surface area contributed by atoms with Gasteiger partial charge in [0.15, 0.2) is 0 Å². The molecule has 0 saturated heterocycles. The number of aromatic carboxylic acids is 1. The fourth-order valence-electron chi connectivity index (χ4n) is 3.75. The van der Waals surface area contributed by atoms with Gasteiger partial charge in [0.05, 0.1) is 5.56 Å². The minimum atomic E-state index is -1.01. The van der Waals surface area contributed by atoms with Crippen molar-refractivity contribution in [2.24, 2.45) is 5.41 Å². The number of fused-ring (bicyclic) bond motifs is 1. The van der Waals surface area contributed by atoms with Crippen molar-refractivity contribution >= 4 is 22.8 Å². The van der Waals surface area contributed by atoms with E-state index in [1.54, 1.807) is 18.2 Å². The van der Waals surface area contributed by atoms with E-state index in [0.717, 1.165) is 12.8 Å². The summed E-state index contributed by atoms with van der Waals surface area (Å²) in [5.41, 5.74) is 3.47. The Hall–Kier alpha value is -2.42. The predicted molar refractivity (Wildman–Crippen MR) is 100 cm³/mol. The lowest BCUT2D eigenvalue weighted by Crippen LogP contribution is -2.18. The van der Waals surface area contributed by atoms with Gasteiger partial charge in [0, 0.05) is 10.9 Å². The monoisotopic (exact) mass is 338 g/mol. The van der Waals surface area contributed by atoms with Gasteiger partial charge in [-0.3, -0.25) is 0 Å². The molecule has 3 rings (SSSR count). The first kappa shape index (κ1) is 17.4. The molecule has 0 unspecified atom stereocenters. The molecule has 2 nitrogen and oxygen atoms in total. The molecule has 3 heteroatoms. The number of carboxylic acid groups (broad SMARTS) is 1. The molecule has 0 radical (unpaired) electrons. The van der Waals surface area contributed by atoms with Crippen molar-refractivity contribution < 1.29 is 14.3 Å². The number of benzene rings is 2. The van der Waals surface area contributed by atoms with Crippen LogP contribution in [-0.4, -0.2) is 11.1 Å². The summed E-state index contributed by atoms with van der Waals surface area (Å²) in [4.78, 5) is 11.1. The highest BCUT2D eigenvalue weighted by Gasteiger charge is 2.26. The average molecular weight is 338 g/mol. The largest absolute Gasteiger partial charge is 0.478 e. The van der Waals surface area contributed by atoms with Crippen molar-refractivity contribution in [3.8, 4) is 0 Å². The van der Waals surface area contributed by atoms with Gasteiger partial charge in [-0.15, -0.1) is 0 Å². The van der Waals surface area contributed by atoms with Crippen LogP contribution in [0.5, 0.6) is 0 Å². The zero-order valence-corrected chi connectivity index (χ0v) is 14.9. The fraction of sp³-hybridized carbons (Fsp3) is 0.318. The Kier molecular flexibility index (Phi) is 4.51. The van der Waals surface area contributed by atoms with E-state index in [1.165, 1.54) is 29.7 Å². The van der Waals surface area contributed by atoms with Gasteiger partial charge in [-0.1, -0.05) is 49.8 Å². The van der Waals surface area contributed by atoms with Crippen molar-refractivity contribution in [1.29, 1.82) is 0 Å². The van der Waals surface area contributed by atoms with Crippen molar-refractivity contribution in [2.45, 2.75) is 40.0 Å². The summed E-state index contributed by atoms with van der Waals surface area (Å²) in [6.45, 7) is 6.63. The zero-order valence-electron chi connectivity index (χ0n) is 14.9. The van der Waals surface area contributed by atoms with Crippen molar-refractivity contribution in [2.75, 3.05) is 0 Å². The molecule has 0 atom stereocenters. The predicted octanol–water partition coefficient (Wildman–Crippen LogP) is 6.22. The van der Waals surface area contributed by atoms with Crippen LogP contribution in [0.4, 0.5) is 4.39 Å². The Morgan fingerprint density at radius 2 is 1.96 bits per heavy atom.